The molecule has 1 N–H and O–H groups in total. The Morgan fingerprint density at radius 3 is 2.74 bits per heavy atom. The number of hydrogen-bond acceptors (Lipinski definition) is 4. The van der Waals surface area contributed by atoms with E-state index in [1.807, 2.05) is 30.5 Å². The molecule has 2 rings (SSSR count). The lowest BCUT2D eigenvalue weighted by atomic mass is 10.2. The number of carbonyl (C=O) groups excluding carboxylic acids is 1. The summed E-state index contributed by atoms with van der Waals surface area (Å²) in [6.07, 6.45) is 6.75. The number of benzene rings is 1. The maximum absolute atomic E-state index is 11.7. The number of rotatable bonds is 4. The molecule has 5 heteroatoms. The SMILES string of the molecule is CSc1ccc(/C=N/NC(=O)c2cccnc2)cc1. The lowest BCUT2D eigenvalue weighted by Crippen LogP contribution is -2.17. The van der Waals surface area contributed by atoms with Gasteiger partial charge in [0.25, 0.3) is 5.91 Å². The Morgan fingerprint density at radius 1 is 1.32 bits per heavy atom. The number of pyridine rings is 1. The van der Waals surface area contributed by atoms with Crippen molar-refractivity contribution in [3.63, 3.8) is 0 Å². The molecule has 0 saturated carbocycles. The van der Waals surface area contributed by atoms with E-state index in [9.17, 15) is 4.79 Å². The molecule has 4 nitrogen and oxygen atoms in total. The highest BCUT2D eigenvalue weighted by Crippen LogP contribution is 2.13. The maximum atomic E-state index is 11.7. The molecule has 2 aromatic rings. The van der Waals surface area contributed by atoms with Crippen molar-refractivity contribution in [3.05, 3.63) is 59.9 Å². The van der Waals surface area contributed by atoms with Crippen LogP contribution in [0.25, 0.3) is 0 Å². The molecule has 1 aromatic carbocycles. The minimum atomic E-state index is -0.273. The lowest BCUT2D eigenvalue weighted by Gasteiger charge is -1.99. The summed E-state index contributed by atoms with van der Waals surface area (Å²) in [5.74, 6) is -0.273. The van der Waals surface area contributed by atoms with Gasteiger partial charge in [-0.2, -0.15) is 5.10 Å². The Bertz CT molecular complexity index is 567. The molecule has 0 aliphatic heterocycles. The molecule has 0 fully saturated rings. The molecule has 0 spiro atoms. The fourth-order valence-corrected chi connectivity index (χ4v) is 1.83. The fourth-order valence-electron chi connectivity index (χ4n) is 1.42. The number of carbonyl (C=O) groups is 1. The largest absolute Gasteiger partial charge is 0.272 e. The van der Waals surface area contributed by atoms with Gasteiger partial charge in [0.1, 0.15) is 0 Å². The second kappa shape index (κ2) is 6.70. The van der Waals surface area contributed by atoms with Gasteiger partial charge in [-0.15, -0.1) is 11.8 Å². The summed E-state index contributed by atoms with van der Waals surface area (Å²) in [5, 5.41) is 3.91. The van der Waals surface area contributed by atoms with Gasteiger partial charge in [0.15, 0.2) is 0 Å². The second-order valence-electron chi connectivity index (χ2n) is 3.71. The van der Waals surface area contributed by atoms with Gasteiger partial charge in [-0.1, -0.05) is 12.1 Å². The first-order chi connectivity index (χ1) is 9.29. The number of thioether (sulfide) groups is 1. The van der Waals surface area contributed by atoms with Gasteiger partial charge < -0.3 is 0 Å². The fraction of sp³-hybridized carbons (Fsp3) is 0.0714. The van der Waals surface area contributed by atoms with E-state index < -0.39 is 0 Å². The molecule has 0 aliphatic carbocycles. The van der Waals surface area contributed by atoms with Crippen molar-refractivity contribution >= 4 is 23.9 Å². The van der Waals surface area contributed by atoms with Crippen LogP contribution in [0.3, 0.4) is 0 Å². The van der Waals surface area contributed by atoms with Crippen LogP contribution in [0, 0.1) is 0 Å². The second-order valence-corrected chi connectivity index (χ2v) is 4.59. The third-order valence-corrected chi connectivity index (χ3v) is 3.16. The Labute approximate surface area is 116 Å². The molecule has 0 aliphatic rings. The number of amides is 1. The number of hydrazone groups is 1. The van der Waals surface area contributed by atoms with Gasteiger partial charge >= 0.3 is 0 Å². The number of nitrogens with one attached hydrogen (secondary N) is 1. The summed E-state index contributed by atoms with van der Waals surface area (Å²) < 4.78 is 0. The van der Waals surface area contributed by atoms with Gasteiger partial charge in [0, 0.05) is 17.3 Å². The van der Waals surface area contributed by atoms with Crippen molar-refractivity contribution in [2.45, 2.75) is 4.90 Å². The zero-order chi connectivity index (χ0) is 13.5. The van der Waals surface area contributed by atoms with Crippen LogP contribution in [-0.2, 0) is 0 Å². The van der Waals surface area contributed by atoms with Crippen LogP contribution in [0.1, 0.15) is 15.9 Å². The van der Waals surface area contributed by atoms with Crippen molar-refractivity contribution in [1.29, 1.82) is 0 Å². The predicted molar refractivity (Wildman–Crippen MR) is 77.5 cm³/mol. The predicted octanol–water partition coefficient (Wildman–Crippen LogP) is 2.57. The minimum absolute atomic E-state index is 0.273. The zero-order valence-electron chi connectivity index (χ0n) is 10.4. The summed E-state index contributed by atoms with van der Waals surface area (Å²) in [7, 11) is 0. The molecule has 1 amide bonds. The Kier molecular flexibility index (Phi) is 4.69. The first kappa shape index (κ1) is 13.3. The Morgan fingerprint density at radius 2 is 2.11 bits per heavy atom. The van der Waals surface area contributed by atoms with E-state index in [1.54, 1.807) is 36.3 Å². The zero-order valence-corrected chi connectivity index (χ0v) is 11.2. The maximum Gasteiger partial charge on any atom is 0.272 e. The van der Waals surface area contributed by atoms with Crippen molar-refractivity contribution in [2.24, 2.45) is 5.10 Å². The molecule has 0 unspecified atom stereocenters. The van der Waals surface area contributed by atoms with Crippen molar-refractivity contribution in [1.82, 2.24) is 10.4 Å². The van der Waals surface area contributed by atoms with Crippen LogP contribution < -0.4 is 5.43 Å². The molecule has 19 heavy (non-hydrogen) atoms. The average Bonchev–Trinajstić information content (AvgIpc) is 2.49. The molecule has 1 heterocycles. The lowest BCUT2D eigenvalue weighted by molar-refractivity contribution is 0.0955. The van der Waals surface area contributed by atoms with E-state index in [4.69, 9.17) is 0 Å². The van der Waals surface area contributed by atoms with E-state index >= 15 is 0 Å². The van der Waals surface area contributed by atoms with Crippen molar-refractivity contribution in [2.75, 3.05) is 6.26 Å². The highest BCUT2D eigenvalue weighted by molar-refractivity contribution is 7.98. The van der Waals surface area contributed by atoms with Gasteiger partial charge in [-0.3, -0.25) is 9.78 Å². The number of aromatic nitrogens is 1. The normalized spacial score (nSPS) is 10.6. The Balaban J connectivity index is 1.94. The monoisotopic (exact) mass is 271 g/mol. The quantitative estimate of drug-likeness (QED) is 0.528. The van der Waals surface area contributed by atoms with E-state index in [2.05, 4.69) is 15.5 Å². The van der Waals surface area contributed by atoms with Gasteiger partial charge in [0.05, 0.1) is 11.8 Å². The van der Waals surface area contributed by atoms with Gasteiger partial charge in [-0.05, 0) is 36.1 Å². The summed E-state index contributed by atoms with van der Waals surface area (Å²) in [6, 6.07) is 11.3. The van der Waals surface area contributed by atoms with E-state index in [0.717, 1.165) is 5.56 Å². The Hall–Kier alpha value is -2.14. The first-order valence-electron chi connectivity index (χ1n) is 5.67. The van der Waals surface area contributed by atoms with Crippen molar-refractivity contribution in [3.8, 4) is 0 Å². The number of nitrogens with zero attached hydrogens (tertiary/aromatic N) is 2. The summed E-state index contributed by atoms with van der Waals surface area (Å²) in [5.41, 5.74) is 3.88. The summed E-state index contributed by atoms with van der Waals surface area (Å²) in [6.45, 7) is 0. The summed E-state index contributed by atoms with van der Waals surface area (Å²) >= 11 is 1.68. The molecule has 1 aromatic heterocycles. The van der Waals surface area contributed by atoms with Crippen LogP contribution in [0.15, 0.2) is 58.8 Å². The van der Waals surface area contributed by atoms with Gasteiger partial charge in [-0.25, -0.2) is 5.43 Å². The van der Waals surface area contributed by atoms with Crippen LogP contribution in [0.2, 0.25) is 0 Å². The van der Waals surface area contributed by atoms with Crippen LogP contribution in [0.5, 0.6) is 0 Å². The molecule has 0 bridgehead atoms. The molecular formula is C14H13N3OS. The van der Waals surface area contributed by atoms with E-state index in [-0.39, 0.29) is 5.91 Å². The molecule has 0 atom stereocenters. The topological polar surface area (TPSA) is 54.4 Å². The summed E-state index contributed by atoms with van der Waals surface area (Å²) in [4.78, 5) is 16.7. The van der Waals surface area contributed by atoms with Crippen LogP contribution in [0.4, 0.5) is 0 Å². The van der Waals surface area contributed by atoms with Crippen molar-refractivity contribution < 1.29 is 4.79 Å². The average molecular weight is 271 g/mol. The third kappa shape index (κ3) is 3.93. The van der Waals surface area contributed by atoms with E-state index in [0.29, 0.717) is 5.56 Å². The van der Waals surface area contributed by atoms with E-state index in [1.165, 1.54) is 11.1 Å². The molecule has 0 saturated heterocycles. The van der Waals surface area contributed by atoms with Crippen LogP contribution >= 0.6 is 11.8 Å². The van der Waals surface area contributed by atoms with Crippen LogP contribution in [-0.4, -0.2) is 23.4 Å². The highest BCUT2D eigenvalue weighted by atomic mass is 32.2. The van der Waals surface area contributed by atoms with Gasteiger partial charge in [0.2, 0.25) is 0 Å². The molecule has 0 radical (unpaired) electrons. The minimum Gasteiger partial charge on any atom is -0.267 e. The highest BCUT2D eigenvalue weighted by Gasteiger charge is 2.02. The molecule has 96 valence electrons. The molecular weight excluding hydrogens is 258 g/mol. The third-order valence-electron chi connectivity index (χ3n) is 2.42. The number of hydrogen-bond donors (Lipinski definition) is 1. The smallest absolute Gasteiger partial charge is 0.267 e. The standard InChI is InChI=1S/C14H13N3OS/c1-19-13-6-4-11(5-7-13)9-16-17-14(18)12-3-2-8-15-10-12/h2-10H,1H3,(H,17,18)/b16-9+. The first-order valence-corrected chi connectivity index (χ1v) is 6.89.